The van der Waals surface area contributed by atoms with Crippen molar-refractivity contribution < 1.29 is 22.5 Å². The quantitative estimate of drug-likeness (QED) is 0.530. The first kappa shape index (κ1) is 24.7. The van der Waals surface area contributed by atoms with E-state index in [2.05, 4.69) is 15.4 Å². The molecular formula is C25H30N4O5S. The molecule has 3 aromatic rings. The molecule has 1 aliphatic heterocycles. The van der Waals surface area contributed by atoms with Crippen LogP contribution in [-0.2, 0) is 21.2 Å². The van der Waals surface area contributed by atoms with Gasteiger partial charge in [-0.1, -0.05) is 24.2 Å². The topological polar surface area (TPSA) is 105 Å². The van der Waals surface area contributed by atoms with Crippen molar-refractivity contribution in [3.05, 3.63) is 53.7 Å². The zero-order valence-electron chi connectivity index (χ0n) is 20.4. The van der Waals surface area contributed by atoms with E-state index < -0.39 is 10.0 Å². The van der Waals surface area contributed by atoms with Crippen LogP contribution in [0.25, 0.3) is 11.1 Å². The monoisotopic (exact) mass is 498 g/mol. The number of rotatable bonds is 7. The van der Waals surface area contributed by atoms with Crippen LogP contribution in [0.4, 0.5) is 11.6 Å². The summed E-state index contributed by atoms with van der Waals surface area (Å²) in [5.74, 6) is 0.709. The number of carbonyl (C=O) groups excluding carboxylic acids is 1. The molecule has 1 aliphatic rings. The molecule has 10 heteroatoms. The van der Waals surface area contributed by atoms with Gasteiger partial charge in [0.25, 0.3) is 0 Å². The van der Waals surface area contributed by atoms with Gasteiger partial charge in [-0.15, -0.1) is 0 Å². The van der Waals surface area contributed by atoms with E-state index in [-0.39, 0.29) is 16.7 Å². The van der Waals surface area contributed by atoms with Crippen LogP contribution in [0.3, 0.4) is 0 Å². The number of amides is 1. The molecule has 0 atom stereocenters. The predicted molar refractivity (Wildman–Crippen MR) is 134 cm³/mol. The fraction of sp³-hybridized carbons (Fsp3) is 0.360. The summed E-state index contributed by atoms with van der Waals surface area (Å²) >= 11 is 0. The van der Waals surface area contributed by atoms with Crippen LogP contribution in [0.15, 0.2) is 51.9 Å². The molecule has 0 radical (unpaired) electrons. The summed E-state index contributed by atoms with van der Waals surface area (Å²) in [6, 6.07) is 13.0. The van der Waals surface area contributed by atoms with Crippen molar-refractivity contribution in [2.75, 3.05) is 43.5 Å². The smallest absolute Gasteiger partial charge is 0.243 e. The van der Waals surface area contributed by atoms with Crippen molar-refractivity contribution in [2.24, 2.45) is 0 Å². The highest BCUT2D eigenvalue weighted by molar-refractivity contribution is 7.89. The van der Waals surface area contributed by atoms with Crippen LogP contribution in [0.5, 0.6) is 5.75 Å². The van der Waals surface area contributed by atoms with E-state index in [0.29, 0.717) is 55.0 Å². The zero-order valence-corrected chi connectivity index (χ0v) is 21.2. The average Bonchev–Trinajstić information content (AvgIpc) is 3.26. The van der Waals surface area contributed by atoms with Crippen molar-refractivity contribution in [1.29, 1.82) is 0 Å². The molecule has 1 amide bonds. The van der Waals surface area contributed by atoms with Gasteiger partial charge >= 0.3 is 0 Å². The standard InChI is InChI=1S/C25H30N4O5S/c1-5-22-24(25(34-27-22)26-18(3)30)19-7-6-17(2)23(16-19)35(31,32)29-14-12-28(13-15-29)20-8-10-21(33-4)11-9-20/h6-11,16H,5,12-15H2,1-4H3,(H,26,30). The van der Waals surface area contributed by atoms with Gasteiger partial charge in [0.15, 0.2) is 0 Å². The highest BCUT2D eigenvalue weighted by atomic mass is 32.2. The Morgan fingerprint density at radius 3 is 2.40 bits per heavy atom. The second-order valence-electron chi connectivity index (χ2n) is 8.44. The molecule has 2 heterocycles. The Bertz CT molecular complexity index is 1310. The maximum absolute atomic E-state index is 13.7. The Morgan fingerprint density at radius 2 is 1.80 bits per heavy atom. The fourth-order valence-electron chi connectivity index (χ4n) is 4.26. The highest BCUT2D eigenvalue weighted by Gasteiger charge is 2.31. The SMILES string of the molecule is CCc1noc(NC(C)=O)c1-c1ccc(C)c(S(=O)(=O)N2CCN(c3ccc(OC)cc3)CC2)c1. The van der Waals surface area contributed by atoms with E-state index in [1.807, 2.05) is 37.3 Å². The number of ether oxygens (including phenoxy) is 1. The minimum atomic E-state index is -3.73. The number of hydrogen-bond acceptors (Lipinski definition) is 7. The lowest BCUT2D eigenvalue weighted by Crippen LogP contribution is -2.48. The summed E-state index contributed by atoms with van der Waals surface area (Å²) in [4.78, 5) is 14.0. The van der Waals surface area contributed by atoms with E-state index in [1.165, 1.54) is 11.2 Å². The maximum atomic E-state index is 13.7. The average molecular weight is 499 g/mol. The van der Waals surface area contributed by atoms with Gasteiger partial charge in [0, 0.05) is 38.8 Å². The van der Waals surface area contributed by atoms with E-state index >= 15 is 0 Å². The summed E-state index contributed by atoms with van der Waals surface area (Å²) < 4.78 is 39.4. The zero-order chi connectivity index (χ0) is 25.2. The lowest BCUT2D eigenvalue weighted by atomic mass is 10.0. The minimum absolute atomic E-state index is 0.217. The van der Waals surface area contributed by atoms with Gasteiger partial charge in [-0.05, 0) is 54.8 Å². The number of nitrogens with one attached hydrogen (secondary N) is 1. The van der Waals surface area contributed by atoms with E-state index in [0.717, 1.165) is 11.4 Å². The first-order chi connectivity index (χ1) is 16.7. The van der Waals surface area contributed by atoms with Crippen LogP contribution >= 0.6 is 0 Å². The molecule has 35 heavy (non-hydrogen) atoms. The second kappa shape index (κ2) is 10.1. The first-order valence-corrected chi connectivity index (χ1v) is 12.9. The number of aromatic nitrogens is 1. The van der Waals surface area contributed by atoms with E-state index in [9.17, 15) is 13.2 Å². The third-order valence-electron chi connectivity index (χ3n) is 6.16. The first-order valence-electron chi connectivity index (χ1n) is 11.5. The summed E-state index contributed by atoms with van der Waals surface area (Å²) in [5.41, 5.74) is 3.57. The third-order valence-corrected chi connectivity index (χ3v) is 8.20. The molecule has 1 aromatic heterocycles. The second-order valence-corrected chi connectivity index (χ2v) is 10.3. The van der Waals surface area contributed by atoms with Crippen molar-refractivity contribution in [1.82, 2.24) is 9.46 Å². The summed E-state index contributed by atoms with van der Waals surface area (Å²) in [7, 11) is -2.10. The lowest BCUT2D eigenvalue weighted by molar-refractivity contribution is -0.114. The number of hydrogen-bond donors (Lipinski definition) is 1. The van der Waals surface area contributed by atoms with Gasteiger partial charge in [0.05, 0.1) is 23.3 Å². The number of aryl methyl sites for hydroxylation is 2. The van der Waals surface area contributed by atoms with Crippen molar-refractivity contribution in [3.8, 4) is 16.9 Å². The molecule has 1 fully saturated rings. The van der Waals surface area contributed by atoms with Gasteiger partial charge in [0.1, 0.15) is 5.75 Å². The van der Waals surface area contributed by atoms with Crippen LogP contribution < -0.4 is 15.0 Å². The number of methoxy groups -OCH3 is 1. The number of sulfonamides is 1. The Kier molecular flexibility index (Phi) is 7.13. The molecule has 1 N–H and O–H groups in total. The molecule has 0 spiro atoms. The molecule has 0 saturated carbocycles. The molecule has 186 valence electrons. The van der Waals surface area contributed by atoms with Crippen molar-refractivity contribution in [2.45, 2.75) is 32.1 Å². The summed E-state index contributed by atoms with van der Waals surface area (Å²) in [6.45, 7) is 7.02. The Labute approximate surface area is 205 Å². The van der Waals surface area contributed by atoms with Crippen LogP contribution in [0, 0.1) is 6.92 Å². The molecule has 9 nitrogen and oxygen atoms in total. The summed E-state index contributed by atoms with van der Waals surface area (Å²) in [6.07, 6.45) is 0.571. The third kappa shape index (κ3) is 5.03. The van der Waals surface area contributed by atoms with Crippen molar-refractivity contribution >= 4 is 27.5 Å². The number of anilines is 2. The highest BCUT2D eigenvalue weighted by Crippen LogP contribution is 2.35. The van der Waals surface area contributed by atoms with Crippen molar-refractivity contribution in [3.63, 3.8) is 0 Å². The normalized spacial score (nSPS) is 14.7. The number of benzene rings is 2. The minimum Gasteiger partial charge on any atom is -0.497 e. The molecular weight excluding hydrogens is 468 g/mol. The van der Waals surface area contributed by atoms with Crippen LogP contribution in [0.2, 0.25) is 0 Å². The number of piperazine rings is 1. The molecule has 1 saturated heterocycles. The molecule has 0 bridgehead atoms. The Morgan fingerprint density at radius 1 is 1.11 bits per heavy atom. The molecule has 4 rings (SSSR count). The lowest BCUT2D eigenvalue weighted by Gasteiger charge is -2.35. The van der Waals surface area contributed by atoms with Gasteiger partial charge in [-0.25, -0.2) is 8.42 Å². The molecule has 0 unspecified atom stereocenters. The van der Waals surface area contributed by atoms with Crippen LogP contribution in [-0.4, -0.2) is 57.1 Å². The van der Waals surface area contributed by atoms with Gasteiger partial charge < -0.3 is 14.2 Å². The van der Waals surface area contributed by atoms with Gasteiger partial charge in [-0.3, -0.25) is 10.1 Å². The maximum Gasteiger partial charge on any atom is 0.243 e. The van der Waals surface area contributed by atoms with Gasteiger partial charge in [0.2, 0.25) is 21.8 Å². The molecule has 2 aromatic carbocycles. The van der Waals surface area contributed by atoms with Gasteiger partial charge in [-0.2, -0.15) is 4.31 Å². The summed E-state index contributed by atoms with van der Waals surface area (Å²) in [5, 5.41) is 6.70. The number of nitrogens with zero attached hydrogens (tertiary/aromatic N) is 3. The van der Waals surface area contributed by atoms with E-state index in [4.69, 9.17) is 9.26 Å². The predicted octanol–water partition coefficient (Wildman–Crippen LogP) is 3.69. The van der Waals surface area contributed by atoms with E-state index in [1.54, 1.807) is 26.2 Å². The molecule has 0 aliphatic carbocycles. The number of carbonyl (C=O) groups is 1. The van der Waals surface area contributed by atoms with Crippen LogP contribution in [0.1, 0.15) is 25.1 Å². The Hall–Kier alpha value is -3.37. The fourth-order valence-corrected chi connectivity index (χ4v) is 5.93. The Balaban J connectivity index is 1.59. The largest absolute Gasteiger partial charge is 0.497 e.